The van der Waals surface area contributed by atoms with E-state index in [0.29, 0.717) is 5.15 Å². The molecule has 0 amide bonds. The highest BCUT2D eigenvalue weighted by Gasteiger charge is 2.07. The fraction of sp³-hybridized carbons (Fsp3) is 0.429. The summed E-state index contributed by atoms with van der Waals surface area (Å²) in [7, 11) is 0. The van der Waals surface area contributed by atoms with Crippen molar-refractivity contribution in [3.8, 4) is 0 Å². The number of hydrogen-bond acceptors (Lipinski definition) is 4. The van der Waals surface area contributed by atoms with Gasteiger partial charge >= 0.3 is 0 Å². The van der Waals surface area contributed by atoms with Crippen molar-refractivity contribution in [2.75, 3.05) is 12.5 Å². The summed E-state index contributed by atoms with van der Waals surface area (Å²) in [6, 6.07) is 0. The lowest BCUT2D eigenvalue weighted by molar-refractivity contribution is 1.02. The normalized spacial score (nSPS) is 10.2. The summed E-state index contributed by atoms with van der Waals surface area (Å²) < 4.78 is 0. The minimum Gasteiger partial charge on any atom is -0.239 e. The van der Waals surface area contributed by atoms with E-state index < -0.39 is 0 Å². The maximum Gasteiger partial charge on any atom is 0.146 e. The van der Waals surface area contributed by atoms with Crippen molar-refractivity contribution in [2.24, 2.45) is 0 Å². The van der Waals surface area contributed by atoms with Crippen molar-refractivity contribution < 1.29 is 0 Å². The van der Waals surface area contributed by atoms with Gasteiger partial charge in [-0.2, -0.15) is 11.8 Å². The fourth-order valence-corrected chi connectivity index (χ4v) is 2.38. The van der Waals surface area contributed by atoms with Crippen LogP contribution >= 0.6 is 35.1 Å². The van der Waals surface area contributed by atoms with Gasteiger partial charge in [-0.1, -0.05) is 11.6 Å². The van der Waals surface area contributed by atoms with Crippen molar-refractivity contribution >= 4 is 35.1 Å². The quantitative estimate of drug-likeness (QED) is 0.578. The standard InChI is InChI=1S/C7H9ClN2S2/c1-11-3-5-6(12-2)7(8)10-4-9-5/h4H,3H2,1-2H3. The van der Waals surface area contributed by atoms with Crippen LogP contribution in [0.3, 0.4) is 0 Å². The average molecular weight is 221 g/mol. The Bertz CT molecular complexity index is 268. The van der Waals surface area contributed by atoms with Gasteiger partial charge in [-0.15, -0.1) is 11.8 Å². The molecule has 0 atom stereocenters. The molecule has 0 radical (unpaired) electrons. The summed E-state index contributed by atoms with van der Waals surface area (Å²) in [5, 5.41) is 0.557. The molecule has 0 aliphatic carbocycles. The average Bonchev–Trinajstić information content (AvgIpc) is 2.05. The van der Waals surface area contributed by atoms with Gasteiger partial charge < -0.3 is 0 Å². The molecule has 1 rings (SSSR count). The van der Waals surface area contributed by atoms with E-state index in [-0.39, 0.29) is 0 Å². The fourth-order valence-electron chi connectivity index (χ4n) is 0.827. The van der Waals surface area contributed by atoms with Crippen molar-refractivity contribution in [1.29, 1.82) is 0 Å². The lowest BCUT2D eigenvalue weighted by atomic mass is 10.4. The Labute approximate surface area is 85.5 Å². The molecule has 5 heteroatoms. The minimum absolute atomic E-state index is 0.557. The zero-order valence-electron chi connectivity index (χ0n) is 6.87. The molecule has 0 spiro atoms. The van der Waals surface area contributed by atoms with E-state index in [9.17, 15) is 0 Å². The van der Waals surface area contributed by atoms with Gasteiger partial charge in [0, 0.05) is 5.75 Å². The lowest BCUT2D eigenvalue weighted by Crippen LogP contribution is -1.93. The van der Waals surface area contributed by atoms with E-state index in [1.165, 1.54) is 6.33 Å². The van der Waals surface area contributed by atoms with E-state index in [1.807, 2.05) is 12.5 Å². The summed E-state index contributed by atoms with van der Waals surface area (Å²) in [6.07, 6.45) is 5.53. The van der Waals surface area contributed by atoms with Crippen molar-refractivity contribution in [3.05, 3.63) is 17.2 Å². The summed E-state index contributed by atoms with van der Waals surface area (Å²) in [6.45, 7) is 0. The van der Waals surface area contributed by atoms with Crippen LogP contribution in [0.25, 0.3) is 0 Å². The molecule has 2 nitrogen and oxygen atoms in total. The third-order valence-electron chi connectivity index (χ3n) is 1.32. The Balaban J connectivity index is 3.00. The molecule has 0 unspecified atom stereocenters. The highest BCUT2D eigenvalue weighted by atomic mass is 35.5. The van der Waals surface area contributed by atoms with Crippen LogP contribution in [0, 0.1) is 0 Å². The number of nitrogens with zero attached hydrogens (tertiary/aromatic N) is 2. The molecule has 0 fully saturated rings. The molecule has 0 N–H and O–H groups in total. The highest BCUT2D eigenvalue weighted by molar-refractivity contribution is 7.99. The first-order valence-electron chi connectivity index (χ1n) is 3.32. The number of halogens is 1. The molecule has 0 aromatic carbocycles. The predicted molar refractivity (Wildman–Crippen MR) is 56.0 cm³/mol. The smallest absolute Gasteiger partial charge is 0.146 e. The topological polar surface area (TPSA) is 25.8 Å². The molecule has 0 aliphatic heterocycles. The molecule has 1 aromatic rings. The summed E-state index contributed by atoms with van der Waals surface area (Å²) >= 11 is 9.21. The van der Waals surface area contributed by atoms with Crippen LogP contribution in [-0.2, 0) is 5.75 Å². The van der Waals surface area contributed by atoms with Gasteiger partial charge in [-0.05, 0) is 12.5 Å². The summed E-state index contributed by atoms with van der Waals surface area (Å²) in [5.74, 6) is 0.887. The predicted octanol–water partition coefficient (Wildman–Crippen LogP) is 2.71. The zero-order valence-corrected chi connectivity index (χ0v) is 9.26. The molecular formula is C7H9ClN2S2. The number of thioether (sulfide) groups is 2. The van der Waals surface area contributed by atoms with Crippen molar-refractivity contribution in [2.45, 2.75) is 10.6 Å². The van der Waals surface area contributed by atoms with Crippen LogP contribution in [0.1, 0.15) is 5.69 Å². The Morgan fingerprint density at radius 3 is 2.75 bits per heavy atom. The van der Waals surface area contributed by atoms with Gasteiger partial charge in [0.15, 0.2) is 0 Å². The van der Waals surface area contributed by atoms with Gasteiger partial charge in [0.2, 0.25) is 0 Å². The van der Waals surface area contributed by atoms with E-state index in [2.05, 4.69) is 9.97 Å². The first-order chi connectivity index (χ1) is 5.79. The van der Waals surface area contributed by atoms with Crippen LogP contribution in [0.5, 0.6) is 0 Å². The SMILES string of the molecule is CSCc1ncnc(Cl)c1SC. The van der Waals surface area contributed by atoms with Crippen LogP contribution in [-0.4, -0.2) is 22.5 Å². The van der Waals surface area contributed by atoms with E-state index >= 15 is 0 Å². The van der Waals surface area contributed by atoms with Crippen molar-refractivity contribution in [3.63, 3.8) is 0 Å². The second-order valence-corrected chi connectivity index (χ2v) is 4.12. The molecule has 66 valence electrons. The molecule has 1 aromatic heterocycles. The van der Waals surface area contributed by atoms with E-state index in [1.54, 1.807) is 23.5 Å². The van der Waals surface area contributed by atoms with Gasteiger partial charge in [0.1, 0.15) is 11.5 Å². The summed E-state index contributed by atoms with van der Waals surface area (Å²) in [4.78, 5) is 9.07. The minimum atomic E-state index is 0.557. The van der Waals surface area contributed by atoms with Gasteiger partial charge in [-0.3, -0.25) is 0 Å². The maximum absolute atomic E-state index is 5.88. The molecule has 0 aliphatic rings. The molecule has 0 saturated heterocycles. The third kappa shape index (κ3) is 2.28. The second kappa shape index (κ2) is 4.94. The largest absolute Gasteiger partial charge is 0.239 e. The monoisotopic (exact) mass is 220 g/mol. The second-order valence-electron chi connectivity index (χ2n) is 2.08. The van der Waals surface area contributed by atoms with Crippen LogP contribution in [0.2, 0.25) is 5.15 Å². The molecule has 1 heterocycles. The molecule has 0 saturated carbocycles. The summed E-state index contributed by atoms with van der Waals surface area (Å²) in [5.41, 5.74) is 1.02. The Kier molecular flexibility index (Phi) is 4.18. The Morgan fingerprint density at radius 2 is 2.17 bits per heavy atom. The van der Waals surface area contributed by atoms with E-state index in [0.717, 1.165) is 16.3 Å². The Hall–Kier alpha value is 0.0700. The van der Waals surface area contributed by atoms with E-state index in [4.69, 9.17) is 11.6 Å². The van der Waals surface area contributed by atoms with Crippen LogP contribution in [0.15, 0.2) is 11.2 Å². The van der Waals surface area contributed by atoms with Crippen LogP contribution in [0.4, 0.5) is 0 Å². The zero-order chi connectivity index (χ0) is 8.97. The first-order valence-corrected chi connectivity index (χ1v) is 6.31. The first kappa shape index (κ1) is 10.2. The maximum atomic E-state index is 5.88. The highest BCUT2D eigenvalue weighted by Crippen LogP contribution is 2.27. The van der Waals surface area contributed by atoms with Gasteiger partial charge in [0.05, 0.1) is 10.6 Å². The number of rotatable bonds is 3. The van der Waals surface area contributed by atoms with Gasteiger partial charge in [0.25, 0.3) is 0 Å². The molecular weight excluding hydrogens is 212 g/mol. The van der Waals surface area contributed by atoms with Crippen LogP contribution < -0.4 is 0 Å². The number of aromatic nitrogens is 2. The third-order valence-corrected chi connectivity index (χ3v) is 3.12. The van der Waals surface area contributed by atoms with Gasteiger partial charge in [-0.25, -0.2) is 9.97 Å². The molecule has 12 heavy (non-hydrogen) atoms. The molecule has 0 bridgehead atoms. The lowest BCUT2D eigenvalue weighted by Gasteiger charge is -2.04. The Morgan fingerprint density at radius 1 is 1.42 bits per heavy atom. The van der Waals surface area contributed by atoms with Crippen molar-refractivity contribution in [1.82, 2.24) is 9.97 Å². The number of hydrogen-bond donors (Lipinski definition) is 0.